The van der Waals surface area contributed by atoms with E-state index in [9.17, 15) is 9.59 Å². The molecule has 0 fully saturated rings. The number of pyridine rings is 1. The smallest absolute Gasteiger partial charge is 0.270 e. The van der Waals surface area contributed by atoms with Gasteiger partial charge in [-0.2, -0.15) is 5.10 Å². The SMILES string of the molecule is COc1ccc(-c2ccc(=O)n(C[C@H](C)NC(=O)c3ccccn3)n2)cc1. The maximum atomic E-state index is 12.2. The van der Waals surface area contributed by atoms with Gasteiger partial charge in [0.15, 0.2) is 0 Å². The summed E-state index contributed by atoms with van der Waals surface area (Å²) in [5.41, 5.74) is 1.64. The van der Waals surface area contributed by atoms with Crippen LogP contribution in [0.2, 0.25) is 0 Å². The third-order valence-electron chi connectivity index (χ3n) is 3.97. The van der Waals surface area contributed by atoms with Gasteiger partial charge in [-0.1, -0.05) is 6.07 Å². The van der Waals surface area contributed by atoms with Crippen LogP contribution >= 0.6 is 0 Å². The van der Waals surface area contributed by atoms with E-state index in [2.05, 4.69) is 15.4 Å². The highest BCUT2D eigenvalue weighted by Crippen LogP contribution is 2.19. The zero-order chi connectivity index (χ0) is 19.2. The number of ether oxygens (including phenoxy) is 1. The van der Waals surface area contributed by atoms with Crippen LogP contribution in [0.5, 0.6) is 5.75 Å². The Kier molecular flexibility index (Phi) is 5.61. The highest BCUT2D eigenvalue weighted by atomic mass is 16.5. The number of nitrogens with one attached hydrogen (secondary N) is 1. The van der Waals surface area contributed by atoms with E-state index in [0.29, 0.717) is 11.4 Å². The highest BCUT2D eigenvalue weighted by molar-refractivity contribution is 5.92. The number of carbonyl (C=O) groups is 1. The van der Waals surface area contributed by atoms with Crippen molar-refractivity contribution >= 4 is 5.91 Å². The Morgan fingerprint density at radius 3 is 2.59 bits per heavy atom. The predicted molar refractivity (Wildman–Crippen MR) is 102 cm³/mol. The Morgan fingerprint density at radius 1 is 1.15 bits per heavy atom. The van der Waals surface area contributed by atoms with Gasteiger partial charge >= 0.3 is 0 Å². The number of methoxy groups -OCH3 is 1. The molecule has 0 spiro atoms. The van der Waals surface area contributed by atoms with Crippen LogP contribution < -0.4 is 15.6 Å². The molecule has 0 aliphatic rings. The fourth-order valence-electron chi connectivity index (χ4n) is 2.60. The number of amides is 1. The molecule has 0 bridgehead atoms. The second kappa shape index (κ2) is 8.27. The van der Waals surface area contributed by atoms with Crippen molar-refractivity contribution in [3.8, 4) is 17.0 Å². The van der Waals surface area contributed by atoms with Gasteiger partial charge in [-0.3, -0.25) is 14.6 Å². The molecule has 7 nitrogen and oxygen atoms in total. The second-order valence-electron chi connectivity index (χ2n) is 6.06. The summed E-state index contributed by atoms with van der Waals surface area (Å²) in [6.07, 6.45) is 1.56. The van der Waals surface area contributed by atoms with Gasteiger partial charge < -0.3 is 10.1 Å². The van der Waals surface area contributed by atoms with Crippen LogP contribution in [0.4, 0.5) is 0 Å². The highest BCUT2D eigenvalue weighted by Gasteiger charge is 2.13. The van der Waals surface area contributed by atoms with E-state index in [0.717, 1.165) is 11.3 Å². The maximum Gasteiger partial charge on any atom is 0.270 e. The standard InChI is InChI=1S/C20H20N4O3/c1-14(22-20(26)18-5-3-4-12-21-18)13-24-19(25)11-10-17(23-24)15-6-8-16(27-2)9-7-15/h3-12,14H,13H2,1-2H3,(H,22,26)/t14-/m0/s1. The lowest BCUT2D eigenvalue weighted by atomic mass is 10.1. The van der Waals surface area contributed by atoms with Gasteiger partial charge in [-0.15, -0.1) is 0 Å². The van der Waals surface area contributed by atoms with Crippen molar-refractivity contribution in [3.63, 3.8) is 0 Å². The molecule has 0 unspecified atom stereocenters. The molecule has 0 aliphatic heterocycles. The first-order valence-electron chi connectivity index (χ1n) is 8.51. The van der Waals surface area contributed by atoms with Crippen molar-refractivity contribution in [2.24, 2.45) is 0 Å². The molecule has 1 N–H and O–H groups in total. The van der Waals surface area contributed by atoms with Crippen molar-refractivity contribution in [2.45, 2.75) is 19.5 Å². The third-order valence-corrected chi connectivity index (χ3v) is 3.97. The number of benzene rings is 1. The Labute approximate surface area is 156 Å². The molecule has 7 heteroatoms. The van der Waals surface area contributed by atoms with Crippen molar-refractivity contribution in [3.05, 3.63) is 76.8 Å². The fourth-order valence-corrected chi connectivity index (χ4v) is 2.60. The minimum atomic E-state index is -0.296. The van der Waals surface area contributed by atoms with Gasteiger partial charge in [-0.25, -0.2) is 4.68 Å². The summed E-state index contributed by atoms with van der Waals surface area (Å²) in [6.45, 7) is 2.07. The van der Waals surface area contributed by atoms with Crippen LogP contribution in [0.15, 0.2) is 65.6 Å². The fraction of sp³-hybridized carbons (Fsp3) is 0.200. The number of hydrogen-bond acceptors (Lipinski definition) is 5. The molecule has 3 rings (SSSR count). The number of rotatable bonds is 6. The minimum Gasteiger partial charge on any atom is -0.497 e. The number of hydrogen-bond donors (Lipinski definition) is 1. The number of nitrogens with zero attached hydrogens (tertiary/aromatic N) is 3. The predicted octanol–water partition coefficient (Wildman–Crippen LogP) is 2.13. The Morgan fingerprint density at radius 2 is 1.93 bits per heavy atom. The third kappa shape index (κ3) is 4.58. The van der Waals surface area contributed by atoms with Crippen LogP contribution in [-0.2, 0) is 6.54 Å². The summed E-state index contributed by atoms with van der Waals surface area (Å²) < 4.78 is 6.50. The minimum absolute atomic E-state index is 0.230. The topological polar surface area (TPSA) is 86.1 Å². The van der Waals surface area contributed by atoms with E-state index >= 15 is 0 Å². The molecule has 2 heterocycles. The summed E-state index contributed by atoms with van der Waals surface area (Å²) >= 11 is 0. The first-order chi connectivity index (χ1) is 13.1. The van der Waals surface area contributed by atoms with Crippen molar-refractivity contribution in [1.82, 2.24) is 20.1 Å². The second-order valence-corrected chi connectivity index (χ2v) is 6.06. The summed E-state index contributed by atoms with van der Waals surface area (Å²) in [6, 6.07) is 15.4. The summed E-state index contributed by atoms with van der Waals surface area (Å²) in [5, 5.41) is 7.24. The molecule has 27 heavy (non-hydrogen) atoms. The van der Waals surface area contributed by atoms with Gasteiger partial charge in [0, 0.05) is 23.9 Å². The zero-order valence-electron chi connectivity index (χ0n) is 15.1. The average molecular weight is 364 g/mol. The Balaban J connectivity index is 1.74. The average Bonchev–Trinajstić information content (AvgIpc) is 2.70. The van der Waals surface area contributed by atoms with Gasteiger partial charge in [0.2, 0.25) is 0 Å². The van der Waals surface area contributed by atoms with E-state index in [4.69, 9.17) is 4.74 Å². The lowest BCUT2D eigenvalue weighted by Crippen LogP contribution is -2.39. The molecule has 3 aromatic rings. The largest absolute Gasteiger partial charge is 0.497 e. The van der Waals surface area contributed by atoms with Crippen LogP contribution in [0.1, 0.15) is 17.4 Å². The Hall–Kier alpha value is -3.48. The molecule has 1 amide bonds. The first-order valence-corrected chi connectivity index (χ1v) is 8.51. The molecular weight excluding hydrogens is 344 g/mol. The van der Waals surface area contributed by atoms with Crippen LogP contribution in [0.25, 0.3) is 11.3 Å². The molecule has 0 radical (unpaired) electrons. The zero-order valence-corrected chi connectivity index (χ0v) is 15.1. The molecule has 1 aromatic carbocycles. The van der Waals surface area contributed by atoms with Gasteiger partial charge in [-0.05, 0) is 49.4 Å². The normalized spacial score (nSPS) is 11.6. The molecule has 1 atom stereocenters. The summed E-state index contributed by atoms with van der Waals surface area (Å²) in [5.74, 6) is 0.459. The summed E-state index contributed by atoms with van der Waals surface area (Å²) in [7, 11) is 1.61. The Bertz CT molecular complexity index is 969. The lowest BCUT2D eigenvalue weighted by Gasteiger charge is -2.15. The van der Waals surface area contributed by atoms with E-state index in [1.807, 2.05) is 31.2 Å². The lowest BCUT2D eigenvalue weighted by molar-refractivity contribution is 0.0930. The van der Waals surface area contributed by atoms with Gasteiger partial charge in [0.05, 0.1) is 19.3 Å². The van der Waals surface area contributed by atoms with Gasteiger partial charge in [0.1, 0.15) is 11.4 Å². The van der Waals surface area contributed by atoms with Crippen LogP contribution in [0.3, 0.4) is 0 Å². The van der Waals surface area contributed by atoms with E-state index in [-0.39, 0.29) is 24.1 Å². The van der Waals surface area contributed by atoms with E-state index in [1.165, 1.54) is 10.7 Å². The van der Waals surface area contributed by atoms with Crippen LogP contribution in [-0.4, -0.2) is 33.8 Å². The molecule has 0 aliphatic carbocycles. The molecule has 138 valence electrons. The van der Waals surface area contributed by atoms with Crippen LogP contribution in [0, 0.1) is 0 Å². The van der Waals surface area contributed by atoms with Crippen molar-refractivity contribution < 1.29 is 9.53 Å². The molecule has 2 aromatic heterocycles. The maximum absolute atomic E-state index is 12.2. The first kappa shape index (κ1) is 18.3. The van der Waals surface area contributed by atoms with E-state index in [1.54, 1.807) is 37.6 Å². The van der Waals surface area contributed by atoms with Crippen molar-refractivity contribution in [2.75, 3.05) is 7.11 Å². The quantitative estimate of drug-likeness (QED) is 0.724. The van der Waals surface area contributed by atoms with E-state index < -0.39 is 0 Å². The monoisotopic (exact) mass is 364 g/mol. The number of carbonyl (C=O) groups excluding carboxylic acids is 1. The molecule has 0 saturated heterocycles. The van der Waals surface area contributed by atoms with Crippen molar-refractivity contribution in [1.29, 1.82) is 0 Å². The summed E-state index contributed by atoms with van der Waals surface area (Å²) in [4.78, 5) is 28.4. The molecule has 0 saturated carbocycles. The number of aromatic nitrogens is 3. The molecular formula is C20H20N4O3. The van der Waals surface area contributed by atoms with Gasteiger partial charge in [0.25, 0.3) is 11.5 Å².